The first kappa shape index (κ1) is 16.0. The zero-order valence-corrected chi connectivity index (χ0v) is 5.97. The van der Waals surface area contributed by atoms with Crippen LogP contribution in [0.1, 0.15) is 28.2 Å². The average molecular weight is 145 g/mol. The molecule has 0 bridgehead atoms. The minimum atomic E-state index is -0.211. The van der Waals surface area contributed by atoms with Crippen molar-refractivity contribution in [2.45, 2.75) is 28.2 Å². The molecule has 3 heteroatoms. The molecule has 10 heavy (non-hydrogen) atoms. The molecule has 0 heterocycles. The Labute approximate surface area is 62.6 Å². The van der Waals surface area contributed by atoms with E-state index in [2.05, 4.69) is 4.74 Å². The lowest BCUT2D eigenvalue weighted by Gasteiger charge is -1.89. The predicted molar refractivity (Wildman–Crippen MR) is 40.3 cm³/mol. The molecule has 0 aliphatic carbocycles. The Morgan fingerprint density at radius 3 is 2.00 bits per heavy atom. The maximum Gasteiger partial charge on any atom is 0.302 e. The quantitative estimate of drug-likeness (QED) is 0.528. The summed E-state index contributed by atoms with van der Waals surface area (Å²) in [6, 6.07) is 1.75. The van der Waals surface area contributed by atoms with E-state index in [1.807, 2.05) is 0 Å². The zero-order valence-electron chi connectivity index (χ0n) is 5.97. The minimum absolute atomic E-state index is 0. The van der Waals surface area contributed by atoms with E-state index < -0.39 is 0 Å². The fourth-order valence-electron chi connectivity index (χ4n) is 0.203. The summed E-state index contributed by atoms with van der Waals surface area (Å²) >= 11 is 0. The summed E-state index contributed by atoms with van der Waals surface area (Å²) < 4.78 is 4.40. The van der Waals surface area contributed by atoms with Crippen LogP contribution in [0.2, 0.25) is 0 Å². The first-order chi connectivity index (χ1) is 4.18. The van der Waals surface area contributed by atoms with Crippen molar-refractivity contribution in [2.75, 3.05) is 6.61 Å². The maximum absolute atomic E-state index is 9.82. The van der Waals surface area contributed by atoms with Gasteiger partial charge in [0.05, 0.1) is 12.7 Å². The number of nitriles is 1. The van der Waals surface area contributed by atoms with E-state index in [9.17, 15) is 4.79 Å². The van der Waals surface area contributed by atoms with Gasteiger partial charge in [-0.2, -0.15) is 5.26 Å². The summed E-state index contributed by atoms with van der Waals surface area (Å²) in [6.45, 7) is 5.08. The summed E-state index contributed by atoms with van der Waals surface area (Å²) in [5.41, 5.74) is 0. The average Bonchev–Trinajstić information content (AvgIpc) is 1.67. The second-order valence-electron chi connectivity index (χ2n) is 1.15. The smallest absolute Gasteiger partial charge is 0.302 e. The van der Waals surface area contributed by atoms with Crippen LogP contribution in [-0.2, 0) is 9.53 Å². The minimum Gasteiger partial charge on any atom is -0.466 e. The van der Waals surface area contributed by atoms with Crippen molar-refractivity contribution >= 4 is 5.97 Å². The van der Waals surface area contributed by atoms with Crippen LogP contribution in [0, 0.1) is 11.3 Å². The lowest BCUT2D eigenvalue weighted by atomic mass is 10.8. The van der Waals surface area contributed by atoms with E-state index in [-0.39, 0.29) is 13.4 Å². The van der Waals surface area contributed by atoms with Crippen LogP contribution >= 0.6 is 0 Å². The molecule has 0 fully saturated rings. The molecule has 0 saturated heterocycles. The Balaban J connectivity index is -0.000000107. The summed E-state index contributed by atoms with van der Waals surface area (Å²) in [7, 11) is 0. The van der Waals surface area contributed by atoms with Gasteiger partial charge in [0, 0.05) is 13.8 Å². The van der Waals surface area contributed by atoms with Crippen LogP contribution in [0.4, 0.5) is 0 Å². The molecule has 0 aromatic carbocycles. The molecule has 0 rings (SSSR count). The topological polar surface area (TPSA) is 50.1 Å². The summed E-state index contributed by atoms with van der Waals surface area (Å²) in [5, 5.41) is 7.32. The normalized spacial score (nSPS) is 5.40. The number of carbonyl (C=O) groups excluding carboxylic acids is 1. The van der Waals surface area contributed by atoms with Crippen molar-refractivity contribution < 1.29 is 9.53 Å². The van der Waals surface area contributed by atoms with Crippen LogP contribution in [0.3, 0.4) is 0 Å². The zero-order chi connectivity index (χ0) is 7.70. The van der Waals surface area contributed by atoms with Gasteiger partial charge in [0.2, 0.25) is 0 Å². The van der Waals surface area contributed by atoms with E-state index >= 15 is 0 Å². The third-order valence-corrected chi connectivity index (χ3v) is 0.348. The van der Waals surface area contributed by atoms with Crippen molar-refractivity contribution in [1.82, 2.24) is 0 Å². The van der Waals surface area contributed by atoms with E-state index in [4.69, 9.17) is 5.26 Å². The third-order valence-electron chi connectivity index (χ3n) is 0.348. The van der Waals surface area contributed by atoms with Crippen molar-refractivity contribution in [3.05, 3.63) is 0 Å². The van der Waals surface area contributed by atoms with Gasteiger partial charge in [-0.3, -0.25) is 4.79 Å². The van der Waals surface area contributed by atoms with Gasteiger partial charge in [-0.1, -0.05) is 7.43 Å². The molecule has 0 aliphatic rings. The molecule has 0 spiro atoms. The van der Waals surface area contributed by atoms with Crippen molar-refractivity contribution in [3.8, 4) is 6.07 Å². The lowest BCUT2D eigenvalue weighted by Crippen LogP contribution is -1.95. The highest BCUT2D eigenvalue weighted by atomic mass is 16.5. The lowest BCUT2D eigenvalue weighted by molar-refractivity contribution is -0.140. The number of hydrogen-bond donors (Lipinski definition) is 0. The SMILES string of the molecule is C.CC#N.CCOC(C)=O. The molecule has 0 amide bonds. The largest absolute Gasteiger partial charge is 0.466 e. The van der Waals surface area contributed by atoms with Gasteiger partial charge < -0.3 is 4.74 Å². The molecule has 0 aromatic rings. The molecule has 0 saturated carbocycles. The maximum atomic E-state index is 9.82. The Kier molecular flexibility index (Phi) is 25.1. The molecule has 3 nitrogen and oxygen atoms in total. The Bertz CT molecular complexity index is 105. The van der Waals surface area contributed by atoms with Crippen LogP contribution in [-0.4, -0.2) is 12.6 Å². The van der Waals surface area contributed by atoms with Crippen LogP contribution in [0.5, 0.6) is 0 Å². The standard InChI is InChI=1S/C4H8O2.C2H3N.CH4/c1-3-6-4(2)5;1-2-3;/h3H2,1-2H3;1H3;1H4. The molecular weight excluding hydrogens is 130 g/mol. The number of hydrogen-bond acceptors (Lipinski definition) is 3. The van der Waals surface area contributed by atoms with Gasteiger partial charge in [-0.05, 0) is 6.92 Å². The number of carbonyl (C=O) groups is 1. The number of esters is 1. The van der Waals surface area contributed by atoms with Gasteiger partial charge in [-0.15, -0.1) is 0 Å². The number of nitrogens with zero attached hydrogens (tertiary/aromatic N) is 1. The third kappa shape index (κ3) is 64.4. The highest BCUT2D eigenvalue weighted by Gasteiger charge is 1.81. The Morgan fingerprint density at radius 2 is 2.00 bits per heavy atom. The van der Waals surface area contributed by atoms with Crippen molar-refractivity contribution in [3.63, 3.8) is 0 Å². The van der Waals surface area contributed by atoms with Gasteiger partial charge in [0.25, 0.3) is 0 Å². The second kappa shape index (κ2) is 15.7. The first-order valence-electron chi connectivity index (χ1n) is 2.63. The van der Waals surface area contributed by atoms with Crippen molar-refractivity contribution in [2.24, 2.45) is 0 Å². The molecule has 0 radical (unpaired) electrons. The summed E-state index contributed by atoms with van der Waals surface area (Å²) in [4.78, 5) is 9.82. The predicted octanol–water partition coefficient (Wildman–Crippen LogP) is 1.74. The van der Waals surface area contributed by atoms with Crippen LogP contribution in [0.25, 0.3) is 0 Å². The van der Waals surface area contributed by atoms with Gasteiger partial charge in [-0.25, -0.2) is 0 Å². The van der Waals surface area contributed by atoms with Gasteiger partial charge in [0.1, 0.15) is 0 Å². The number of ether oxygens (including phenoxy) is 1. The summed E-state index contributed by atoms with van der Waals surface area (Å²) in [5.74, 6) is -0.211. The molecule has 0 aromatic heterocycles. The Hall–Kier alpha value is -1.04. The van der Waals surface area contributed by atoms with E-state index in [1.165, 1.54) is 13.8 Å². The highest BCUT2D eigenvalue weighted by molar-refractivity contribution is 5.65. The molecular formula is C7H15NO2. The molecule has 0 aliphatic heterocycles. The van der Waals surface area contributed by atoms with Crippen molar-refractivity contribution in [1.29, 1.82) is 5.26 Å². The molecule has 0 N–H and O–H groups in total. The number of rotatable bonds is 1. The van der Waals surface area contributed by atoms with Gasteiger partial charge in [0.15, 0.2) is 0 Å². The molecule has 0 atom stereocenters. The fourth-order valence-corrected chi connectivity index (χ4v) is 0.203. The second-order valence-corrected chi connectivity index (χ2v) is 1.15. The van der Waals surface area contributed by atoms with E-state index in [0.29, 0.717) is 6.61 Å². The van der Waals surface area contributed by atoms with E-state index in [1.54, 1.807) is 13.0 Å². The summed E-state index contributed by atoms with van der Waals surface area (Å²) in [6.07, 6.45) is 0. The first-order valence-corrected chi connectivity index (χ1v) is 2.63. The highest BCUT2D eigenvalue weighted by Crippen LogP contribution is 1.69. The van der Waals surface area contributed by atoms with Crippen LogP contribution < -0.4 is 0 Å². The monoisotopic (exact) mass is 145 g/mol. The molecule has 60 valence electrons. The Morgan fingerprint density at radius 1 is 1.70 bits per heavy atom. The van der Waals surface area contributed by atoms with Crippen LogP contribution in [0.15, 0.2) is 0 Å². The fraction of sp³-hybridized carbons (Fsp3) is 0.714. The van der Waals surface area contributed by atoms with Gasteiger partial charge >= 0.3 is 5.97 Å². The molecule has 0 unspecified atom stereocenters. The van der Waals surface area contributed by atoms with E-state index in [0.717, 1.165) is 0 Å².